The predicted molar refractivity (Wildman–Crippen MR) is 125 cm³/mol. The van der Waals surface area contributed by atoms with E-state index in [-0.39, 0.29) is 0 Å². The van der Waals surface area contributed by atoms with Crippen LogP contribution in [-0.4, -0.2) is 48.5 Å². The van der Waals surface area contributed by atoms with Gasteiger partial charge in [0.15, 0.2) is 0 Å². The molecule has 0 aliphatic carbocycles. The molecule has 0 saturated carbocycles. The second-order valence-electron chi connectivity index (χ2n) is 9.32. The Kier molecular flexibility index (Phi) is 6.22. The molecule has 6 nitrogen and oxygen atoms in total. The molecule has 7 heteroatoms. The van der Waals surface area contributed by atoms with Gasteiger partial charge in [-0.25, -0.2) is 4.98 Å². The highest BCUT2D eigenvalue weighted by atomic mass is 28.3. The zero-order valence-corrected chi connectivity index (χ0v) is 19.4. The average Bonchev–Trinajstić information content (AvgIpc) is 3.32. The van der Waals surface area contributed by atoms with Crippen LogP contribution in [0.15, 0.2) is 36.7 Å². The summed E-state index contributed by atoms with van der Waals surface area (Å²) in [4.78, 5) is 8.99. The number of ether oxygens (including phenoxy) is 2. The lowest BCUT2D eigenvalue weighted by Gasteiger charge is -2.17. The van der Waals surface area contributed by atoms with Gasteiger partial charge >= 0.3 is 0 Å². The van der Waals surface area contributed by atoms with Crippen LogP contribution in [0.3, 0.4) is 0 Å². The summed E-state index contributed by atoms with van der Waals surface area (Å²) < 4.78 is 13.9. The van der Waals surface area contributed by atoms with Gasteiger partial charge in [-0.3, -0.25) is 4.98 Å². The number of nitrogens with one attached hydrogen (secondary N) is 1. The lowest BCUT2D eigenvalue weighted by molar-refractivity contribution is 0.0913. The van der Waals surface area contributed by atoms with E-state index in [4.69, 9.17) is 9.47 Å². The number of nitrogens with zero attached hydrogens (tertiary/aromatic N) is 3. The Morgan fingerprint density at radius 2 is 2.10 bits per heavy atom. The number of hydrogen-bond donors (Lipinski definition) is 1. The fraction of sp³-hybridized carbons (Fsp3) is 0.478. The van der Waals surface area contributed by atoms with Crippen LogP contribution in [0, 0.1) is 6.92 Å². The molecular formula is C23H32N4O2Si. The van der Waals surface area contributed by atoms with E-state index >= 15 is 0 Å². The number of aromatic nitrogens is 3. The van der Waals surface area contributed by atoms with E-state index in [1.165, 1.54) is 0 Å². The van der Waals surface area contributed by atoms with Gasteiger partial charge in [-0.05, 0) is 37.6 Å². The summed E-state index contributed by atoms with van der Waals surface area (Å²) in [5.74, 6) is 0.886. The molecule has 0 unspecified atom stereocenters. The van der Waals surface area contributed by atoms with Crippen LogP contribution in [0.2, 0.25) is 25.7 Å². The monoisotopic (exact) mass is 424 g/mol. The molecule has 160 valence electrons. The van der Waals surface area contributed by atoms with E-state index in [1.54, 1.807) is 0 Å². The van der Waals surface area contributed by atoms with E-state index < -0.39 is 8.07 Å². The summed E-state index contributed by atoms with van der Waals surface area (Å²) in [5, 5.41) is 4.62. The SMILES string of the molecule is Cc1cc(-c2cc3cnc(N[C@H]4CCOC4)cc3n2COCC[Si](C)(C)C)ccn1. The first kappa shape index (κ1) is 21.0. The van der Waals surface area contributed by atoms with Gasteiger partial charge in [0.05, 0.1) is 23.9 Å². The minimum atomic E-state index is -1.12. The van der Waals surface area contributed by atoms with Crippen LogP contribution in [0.4, 0.5) is 5.82 Å². The molecule has 3 aromatic rings. The number of rotatable bonds is 8. The Hall–Kier alpha value is -2.22. The second-order valence-corrected chi connectivity index (χ2v) is 14.9. The first-order valence-electron chi connectivity index (χ1n) is 10.7. The normalized spacial score (nSPS) is 17.0. The van der Waals surface area contributed by atoms with Crippen molar-refractivity contribution in [2.24, 2.45) is 0 Å². The number of hydrogen-bond acceptors (Lipinski definition) is 5. The van der Waals surface area contributed by atoms with E-state index in [2.05, 4.69) is 63.8 Å². The van der Waals surface area contributed by atoms with Crippen molar-refractivity contribution >= 4 is 24.8 Å². The van der Waals surface area contributed by atoms with Crippen molar-refractivity contribution in [3.63, 3.8) is 0 Å². The Balaban J connectivity index is 1.65. The molecule has 1 saturated heterocycles. The van der Waals surface area contributed by atoms with Crippen molar-refractivity contribution in [2.75, 3.05) is 25.1 Å². The first-order chi connectivity index (χ1) is 14.4. The van der Waals surface area contributed by atoms with Crippen molar-refractivity contribution in [3.05, 3.63) is 42.4 Å². The lowest BCUT2D eigenvalue weighted by Crippen LogP contribution is -2.22. The van der Waals surface area contributed by atoms with Crippen LogP contribution in [0.5, 0.6) is 0 Å². The number of fused-ring (bicyclic) bond motifs is 1. The first-order valence-corrected chi connectivity index (χ1v) is 14.4. The number of aryl methyl sites for hydroxylation is 1. The van der Waals surface area contributed by atoms with Crippen molar-refractivity contribution < 1.29 is 9.47 Å². The van der Waals surface area contributed by atoms with Crippen LogP contribution >= 0.6 is 0 Å². The minimum absolute atomic E-state index is 0.327. The Bertz CT molecular complexity index is 1010. The topological polar surface area (TPSA) is 61.2 Å². The standard InChI is InChI=1S/C23H32N4O2Si/c1-17-11-18(5-7-24-17)21-12-19-14-25-23(26-20-6-8-28-15-20)13-22(19)27(21)16-29-9-10-30(2,3)4/h5,7,11-14,20H,6,8-10,15-16H2,1-4H3,(H,25,26)/t20-/m0/s1. The zero-order chi connectivity index (χ0) is 21.1. The highest BCUT2D eigenvalue weighted by molar-refractivity contribution is 6.76. The highest BCUT2D eigenvalue weighted by Crippen LogP contribution is 2.30. The Labute approximate surface area is 179 Å². The van der Waals surface area contributed by atoms with Crippen LogP contribution in [0.1, 0.15) is 12.1 Å². The van der Waals surface area contributed by atoms with Gasteiger partial charge in [0, 0.05) is 56.4 Å². The van der Waals surface area contributed by atoms with Crippen LogP contribution in [-0.2, 0) is 16.2 Å². The summed E-state index contributed by atoms with van der Waals surface area (Å²) in [6.07, 6.45) is 4.83. The van der Waals surface area contributed by atoms with Crippen molar-refractivity contribution in [3.8, 4) is 11.3 Å². The van der Waals surface area contributed by atoms with Gasteiger partial charge in [-0.2, -0.15) is 0 Å². The lowest BCUT2D eigenvalue weighted by atomic mass is 10.1. The minimum Gasteiger partial charge on any atom is -0.379 e. The smallest absolute Gasteiger partial charge is 0.128 e. The molecule has 0 radical (unpaired) electrons. The van der Waals surface area contributed by atoms with Crippen molar-refractivity contribution in [1.29, 1.82) is 0 Å². The largest absolute Gasteiger partial charge is 0.379 e. The highest BCUT2D eigenvalue weighted by Gasteiger charge is 2.18. The molecule has 30 heavy (non-hydrogen) atoms. The number of pyridine rings is 2. The van der Waals surface area contributed by atoms with Gasteiger partial charge in [-0.15, -0.1) is 0 Å². The number of anilines is 1. The summed E-state index contributed by atoms with van der Waals surface area (Å²) in [6.45, 7) is 12.0. The third-order valence-corrected chi connectivity index (χ3v) is 7.18. The van der Waals surface area contributed by atoms with Gasteiger partial charge in [0.1, 0.15) is 12.5 Å². The summed E-state index contributed by atoms with van der Waals surface area (Å²) >= 11 is 0. The zero-order valence-electron chi connectivity index (χ0n) is 18.4. The van der Waals surface area contributed by atoms with Gasteiger partial charge in [0.2, 0.25) is 0 Å². The van der Waals surface area contributed by atoms with Crippen LogP contribution in [0.25, 0.3) is 22.2 Å². The average molecular weight is 425 g/mol. The molecule has 1 aliphatic heterocycles. The van der Waals surface area contributed by atoms with Crippen molar-refractivity contribution in [2.45, 2.75) is 51.8 Å². The molecule has 0 aromatic carbocycles. The molecule has 4 heterocycles. The molecule has 3 aromatic heterocycles. The molecule has 1 fully saturated rings. The fourth-order valence-electron chi connectivity index (χ4n) is 3.71. The molecule has 1 aliphatic rings. The van der Waals surface area contributed by atoms with E-state index in [0.29, 0.717) is 12.8 Å². The Morgan fingerprint density at radius 3 is 2.83 bits per heavy atom. The Morgan fingerprint density at radius 1 is 1.23 bits per heavy atom. The molecule has 1 atom stereocenters. The fourth-order valence-corrected chi connectivity index (χ4v) is 4.47. The molecule has 0 amide bonds. The molecule has 0 bridgehead atoms. The summed E-state index contributed by atoms with van der Waals surface area (Å²) in [5.41, 5.74) is 4.41. The maximum absolute atomic E-state index is 6.15. The second kappa shape index (κ2) is 8.87. The molecule has 4 rings (SSSR count). The maximum Gasteiger partial charge on any atom is 0.128 e. The van der Waals surface area contributed by atoms with Gasteiger partial charge in [0.25, 0.3) is 0 Å². The third-order valence-electron chi connectivity index (χ3n) is 5.48. The predicted octanol–water partition coefficient (Wildman–Crippen LogP) is 4.92. The van der Waals surface area contributed by atoms with E-state index in [1.807, 2.05) is 19.3 Å². The van der Waals surface area contributed by atoms with Crippen molar-refractivity contribution in [1.82, 2.24) is 14.5 Å². The maximum atomic E-state index is 6.15. The molecule has 1 N–H and O–H groups in total. The molecular weight excluding hydrogens is 392 g/mol. The van der Waals surface area contributed by atoms with Gasteiger partial charge < -0.3 is 19.4 Å². The molecule has 0 spiro atoms. The van der Waals surface area contributed by atoms with E-state index in [0.717, 1.165) is 66.0 Å². The summed E-state index contributed by atoms with van der Waals surface area (Å²) in [7, 11) is -1.12. The van der Waals surface area contributed by atoms with Gasteiger partial charge in [-0.1, -0.05) is 19.6 Å². The van der Waals surface area contributed by atoms with E-state index in [9.17, 15) is 0 Å². The third kappa shape index (κ3) is 5.09. The van der Waals surface area contributed by atoms with Crippen LogP contribution < -0.4 is 5.32 Å². The quantitative estimate of drug-likeness (QED) is 0.411. The summed E-state index contributed by atoms with van der Waals surface area (Å²) in [6, 6.07) is 9.99.